The van der Waals surface area contributed by atoms with Gasteiger partial charge in [0.05, 0.1) is 5.69 Å². The molecule has 31 heavy (non-hydrogen) atoms. The van der Waals surface area contributed by atoms with Gasteiger partial charge in [-0.05, 0) is 61.6 Å². The molecule has 1 fully saturated rings. The standard InChI is InChI=1S/C25H32N6/c1-2-26-25(28-19-22-14-18-30(20-22)23-7-4-3-5-8-23)27-16-13-21-9-11-24(12-10-21)31-17-6-15-29-31/h3-12,15,17,22H,2,13-14,16,18-20H2,1H3,(H2,26,27,28). The molecule has 2 N–H and O–H groups in total. The molecule has 0 radical (unpaired) electrons. The molecule has 1 atom stereocenters. The van der Waals surface area contributed by atoms with E-state index in [1.807, 2.05) is 16.9 Å². The number of hydrogen-bond acceptors (Lipinski definition) is 3. The fourth-order valence-corrected chi connectivity index (χ4v) is 3.98. The zero-order valence-electron chi connectivity index (χ0n) is 18.2. The van der Waals surface area contributed by atoms with Crippen molar-refractivity contribution in [2.75, 3.05) is 37.6 Å². The Morgan fingerprint density at radius 3 is 2.61 bits per heavy atom. The van der Waals surface area contributed by atoms with E-state index >= 15 is 0 Å². The minimum atomic E-state index is 0.602. The molecule has 0 aliphatic carbocycles. The van der Waals surface area contributed by atoms with Gasteiger partial charge in [-0.15, -0.1) is 0 Å². The zero-order chi connectivity index (χ0) is 21.3. The van der Waals surface area contributed by atoms with Crippen molar-refractivity contribution in [3.8, 4) is 5.69 Å². The van der Waals surface area contributed by atoms with Crippen molar-refractivity contribution in [1.82, 2.24) is 20.4 Å². The van der Waals surface area contributed by atoms with Gasteiger partial charge in [0.2, 0.25) is 0 Å². The van der Waals surface area contributed by atoms with Crippen LogP contribution in [0.1, 0.15) is 18.9 Å². The van der Waals surface area contributed by atoms with Crippen LogP contribution in [-0.2, 0) is 6.42 Å². The Kier molecular flexibility index (Phi) is 7.21. The number of anilines is 1. The Bertz CT molecular complexity index is 934. The summed E-state index contributed by atoms with van der Waals surface area (Å²) in [5, 5.41) is 11.1. The Morgan fingerprint density at radius 1 is 1.03 bits per heavy atom. The van der Waals surface area contributed by atoms with Gasteiger partial charge >= 0.3 is 0 Å². The van der Waals surface area contributed by atoms with Gasteiger partial charge in [0.15, 0.2) is 5.96 Å². The first-order valence-electron chi connectivity index (χ1n) is 11.2. The molecule has 162 valence electrons. The monoisotopic (exact) mass is 416 g/mol. The van der Waals surface area contributed by atoms with Gasteiger partial charge in [-0.3, -0.25) is 4.99 Å². The molecule has 1 aliphatic rings. The third kappa shape index (κ3) is 5.87. The predicted molar refractivity (Wildman–Crippen MR) is 128 cm³/mol. The molecule has 6 nitrogen and oxygen atoms in total. The first-order valence-corrected chi connectivity index (χ1v) is 11.2. The molecule has 2 heterocycles. The zero-order valence-corrected chi connectivity index (χ0v) is 18.2. The highest BCUT2D eigenvalue weighted by molar-refractivity contribution is 5.79. The fraction of sp³-hybridized carbons (Fsp3) is 0.360. The maximum Gasteiger partial charge on any atom is 0.191 e. The SMILES string of the molecule is CCNC(=NCC1CCN(c2ccccc2)C1)NCCc1ccc(-n2cccn2)cc1. The smallest absolute Gasteiger partial charge is 0.191 e. The summed E-state index contributed by atoms with van der Waals surface area (Å²) in [6.45, 7) is 6.88. The van der Waals surface area contributed by atoms with E-state index in [9.17, 15) is 0 Å². The van der Waals surface area contributed by atoms with Crippen LogP contribution in [-0.4, -0.2) is 48.5 Å². The number of aliphatic imine (C=N–C) groups is 1. The first-order chi connectivity index (χ1) is 15.3. The van der Waals surface area contributed by atoms with Crippen LogP contribution in [0, 0.1) is 5.92 Å². The lowest BCUT2D eigenvalue weighted by Crippen LogP contribution is -2.38. The lowest BCUT2D eigenvalue weighted by Gasteiger charge is -2.18. The summed E-state index contributed by atoms with van der Waals surface area (Å²) in [5.41, 5.74) is 3.70. The largest absolute Gasteiger partial charge is 0.371 e. The molecule has 0 bridgehead atoms. The number of nitrogens with zero attached hydrogens (tertiary/aromatic N) is 4. The molecule has 0 saturated carbocycles. The summed E-state index contributed by atoms with van der Waals surface area (Å²) in [6.07, 6.45) is 5.90. The van der Waals surface area contributed by atoms with Crippen molar-refractivity contribution >= 4 is 11.6 Å². The summed E-state index contributed by atoms with van der Waals surface area (Å²) in [6, 6.07) is 21.2. The molecule has 6 heteroatoms. The van der Waals surface area contributed by atoms with E-state index in [4.69, 9.17) is 4.99 Å². The quantitative estimate of drug-likeness (QED) is 0.436. The minimum Gasteiger partial charge on any atom is -0.371 e. The highest BCUT2D eigenvalue weighted by atomic mass is 15.3. The highest BCUT2D eigenvalue weighted by Gasteiger charge is 2.22. The fourth-order valence-electron chi connectivity index (χ4n) is 3.98. The van der Waals surface area contributed by atoms with Crippen molar-refractivity contribution in [1.29, 1.82) is 0 Å². The van der Waals surface area contributed by atoms with Crippen LogP contribution < -0.4 is 15.5 Å². The van der Waals surface area contributed by atoms with Crippen LogP contribution in [0.3, 0.4) is 0 Å². The number of nitrogens with one attached hydrogen (secondary N) is 2. The normalized spacial score (nSPS) is 16.5. The van der Waals surface area contributed by atoms with E-state index in [0.29, 0.717) is 5.92 Å². The Balaban J connectivity index is 1.24. The van der Waals surface area contributed by atoms with Gasteiger partial charge in [0, 0.05) is 50.8 Å². The molecular weight excluding hydrogens is 384 g/mol. The molecule has 0 spiro atoms. The first kappa shape index (κ1) is 21.0. The summed E-state index contributed by atoms with van der Waals surface area (Å²) in [7, 11) is 0. The van der Waals surface area contributed by atoms with Crippen LogP contribution >= 0.6 is 0 Å². The van der Waals surface area contributed by atoms with E-state index in [0.717, 1.165) is 50.8 Å². The third-order valence-electron chi connectivity index (χ3n) is 5.67. The second-order valence-electron chi connectivity index (χ2n) is 7.95. The van der Waals surface area contributed by atoms with Crippen LogP contribution in [0.5, 0.6) is 0 Å². The number of rotatable bonds is 8. The Morgan fingerprint density at radius 2 is 1.87 bits per heavy atom. The van der Waals surface area contributed by atoms with Crippen LogP contribution in [0.2, 0.25) is 0 Å². The van der Waals surface area contributed by atoms with Gasteiger partial charge < -0.3 is 15.5 Å². The summed E-state index contributed by atoms with van der Waals surface area (Å²) in [5.74, 6) is 1.51. The second kappa shape index (κ2) is 10.7. The molecule has 2 aromatic carbocycles. The van der Waals surface area contributed by atoms with Crippen LogP contribution in [0.15, 0.2) is 78.0 Å². The van der Waals surface area contributed by atoms with Crippen molar-refractivity contribution in [3.05, 3.63) is 78.6 Å². The predicted octanol–water partition coefficient (Wildman–Crippen LogP) is 3.50. The van der Waals surface area contributed by atoms with E-state index in [-0.39, 0.29) is 0 Å². The van der Waals surface area contributed by atoms with Crippen molar-refractivity contribution in [2.24, 2.45) is 10.9 Å². The average Bonchev–Trinajstić information content (AvgIpc) is 3.51. The molecule has 1 saturated heterocycles. The summed E-state index contributed by atoms with van der Waals surface area (Å²) in [4.78, 5) is 7.32. The van der Waals surface area contributed by atoms with Gasteiger partial charge in [0.1, 0.15) is 0 Å². The lowest BCUT2D eigenvalue weighted by atomic mass is 10.1. The maximum absolute atomic E-state index is 4.86. The van der Waals surface area contributed by atoms with Gasteiger partial charge in [-0.25, -0.2) is 4.68 Å². The number of guanidine groups is 1. The van der Waals surface area contributed by atoms with Crippen molar-refractivity contribution in [3.63, 3.8) is 0 Å². The molecule has 0 amide bonds. The molecule has 3 aromatic rings. The summed E-state index contributed by atoms with van der Waals surface area (Å²) >= 11 is 0. The molecule has 1 aliphatic heterocycles. The highest BCUT2D eigenvalue weighted by Crippen LogP contribution is 2.23. The molecule has 1 unspecified atom stereocenters. The van der Waals surface area contributed by atoms with Crippen LogP contribution in [0.25, 0.3) is 5.69 Å². The summed E-state index contributed by atoms with van der Waals surface area (Å²) < 4.78 is 1.87. The average molecular weight is 417 g/mol. The topological polar surface area (TPSA) is 57.5 Å². The van der Waals surface area contributed by atoms with Gasteiger partial charge in [-0.2, -0.15) is 5.10 Å². The van der Waals surface area contributed by atoms with E-state index < -0.39 is 0 Å². The number of para-hydroxylation sites is 1. The molecular formula is C25H32N6. The lowest BCUT2D eigenvalue weighted by molar-refractivity contribution is 0.599. The third-order valence-corrected chi connectivity index (χ3v) is 5.67. The van der Waals surface area contributed by atoms with Crippen LogP contribution in [0.4, 0.5) is 5.69 Å². The molecule has 1 aromatic heterocycles. The van der Waals surface area contributed by atoms with Gasteiger partial charge in [-0.1, -0.05) is 30.3 Å². The molecule has 4 rings (SSSR count). The minimum absolute atomic E-state index is 0.602. The van der Waals surface area contributed by atoms with Gasteiger partial charge in [0.25, 0.3) is 0 Å². The van der Waals surface area contributed by atoms with E-state index in [2.05, 4.69) is 82.2 Å². The van der Waals surface area contributed by atoms with Crippen molar-refractivity contribution < 1.29 is 0 Å². The maximum atomic E-state index is 4.86. The Hall–Kier alpha value is -3.28. The van der Waals surface area contributed by atoms with E-state index in [1.54, 1.807) is 6.20 Å². The number of benzene rings is 2. The Labute approximate surface area is 185 Å². The number of aromatic nitrogens is 2. The van der Waals surface area contributed by atoms with Crippen molar-refractivity contribution in [2.45, 2.75) is 19.8 Å². The number of hydrogen-bond donors (Lipinski definition) is 2. The second-order valence-corrected chi connectivity index (χ2v) is 7.95. The van der Waals surface area contributed by atoms with E-state index in [1.165, 1.54) is 17.7 Å².